The summed E-state index contributed by atoms with van der Waals surface area (Å²) in [7, 11) is 0. The number of nitrogens with zero attached hydrogens (tertiary/aromatic N) is 5. The maximum absolute atomic E-state index is 16.9. The SMILES string of the molecule is C#Cc1c(F)ccc2cc(O)cc(-c3ccc4c(N5CC6CCC(C5)N6CCO)nc(OCC5(CN6CCCC6)CC5)nc4c3F)c12. The molecule has 244 valence electrons. The number of hydrogen-bond donors (Lipinski definition) is 2. The molecule has 2 unspecified atom stereocenters. The number of anilines is 1. The smallest absolute Gasteiger partial charge is 0.319 e. The van der Waals surface area contributed by atoms with E-state index in [0.29, 0.717) is 48.2 Å². The van der Waals surface area contributed by atoms with Gasteiger partial charge in [-0.3, -0.25) is 4.90 Å². The van der Waals surface area contributed by atoms with Crippen LogP contribution < -0.4 is 9.64 Å². The van der Waals surface area contributed by atoms with Crippen molar-refractivity contribution in [3.8, 4) is 35.2 Å². The van der Waals surface area contributed by atoms with Crippen molar-refractivity contribution < 1.29 is 23.7 Å². The molecule has 0 radical (unpaired) electrons. The van der Waals surface area contributed by atoms with Gasteiger partial charge < -0.3 is 24.7 Å². The molecule has 1 aliphatic carbocycles. The number of fused-ring (bicyclic) bond motifs is 4. The van der Waals surface area contributed by atoms with Gasteiger partial charge in [0.15, 0.2) is 5.82 Å². The maximum Gasteiger partial charge on any atom is 0.319 e. The lowest BCUT2D eigenvalue weighted by atomic mass is 9.93. The molecule has 1 saturated carbocycles. The van der Waals surface area contributed by atoms with Crippen LogP contribution in [0, 0.1) is 29.4 Å². The first-order valence-corrected chi connectivity index (χ1v) is 16.8. The Morgan fingerprint density at radius 2 is 1.77 bits per heavy atom. The van der Waals surface area contributed by atoms with Crippen LogP contribution in [-0.2, 0) is 0 Å². The number of aromatic nitrogens is 2. The molecule has 2 bridgehead atoms. The third kappa shape index (κ3) is 5.44. The number of ether oxygens (including phenoxy) is 1. The lowest BCUT2D eigenvalue weighted by Gasteiger charge is -2.41. The summed E-state index contributed by atoms with van der Waals surface area (Å²) in [5.74, 6) is 1.75. The molecular weight excluding hydrogens is 600 g/mol. The number of rotatable bonds is 9. The first-order chi connectivity index (χ1) is 22.9. The second kappa shape index (κ2) is 11.9. The van der Waals surface area contributed by atoms with Crippen molar-refractivity contribution in [3.63, 3.8) is 0 Å². The number of aliphatic hydroxyl groups is 1. The highest BCUT2D eigenvalue weighted by Crippen LogP contribution is 2.47. The van der Waals surface area contributed by atoms with Crippen molar-refractivity contribution in [2.45, 2.75) is 50.6 Å². The number of piperazine rings is 1. The van der Waals surface area contributed by atoms with Gasteiger partial charge in [0, 0.05) is 60.0 Å². The zero-order chi connectivity index (χ0) is 32.3. The standard InChI is InChI=1S/C37H39F2N5O3/c1-2-27-31(38)10-5-23-17-26(46)18-30(32(23)27)28-8-9-29-34(33(28)39)40-36(47-22-37(11-12-37)21-42-13-3-4-14-42)41-35(29)43-19-24-6-7-25(20-43)44(24)15-16-45/h1,5,8-10,17-18,24-25,45-46H,3-4,6-7,11-16,19-22H2. The summed E-state index contributed by atoms with van der Waals surface area (Å²) >= 11 is 0. The van der Waals surface area contributed by atoms with Crippen molar-refractivity contribution in [2.24, 2.45) is 5.41 Å². The molecule has 4 aliphatic rings. The minimum Gasteiger partial charge on any atom is -0.508 e. The Morgan fingerprint density at radius 3 is 2.47 bits per heavy atom. The summed E-state index contributed by atoms with van der Waals surface area (Å²) in [4.78, 5) is 16.7. The zero-order valence-corrected chi connectivity index (χ0v) is 26.4. The van der Waals surface area contributed by atoms with E-state index >= 15 is 4.39 Å². The first kappa shape index (κ1) is 30.3. The molecule has 4 fully saturated rings. The average molecular weight is 640 g/mol. The number of phenols is 1. The van der Waals surface area contributed by atoms with E-state index in [9.17, 15) is 14.6 Å². The number of hydrogen-bond acceptors (Lipinski definition) is 8. The fourth-order valence-corrected chi connectivity index (χ4v) is 8.22. The van der Waals surface area contributed by atoms with E-state index < -0.39 is 11.6 Å². The van der Waals surface area contributed by atoms with Gasteiger partial charge in [-0.15, -0.1) is 6.42 Å². The number of benzene rings is 3. The molecule has 4 aromatic rings. The first-order valence-electron chi connectivity index (χ1n) is 16.8. The number of aromatic hydroxyl groups is 1. The highest BCUT2D eigenvalue weighted by molar-refractivity contribution is 6.04. The fraction of sp³-hybridized carbons (Fsp3) is 0.459. The van der Waals surface area contributed by atoms with Crippen LogP contribution in [-0.4, -0.2) is 94.5 Å². The van der Waals surface area contributed by atoms with Crippen LogP contribution in [0.4, 0.5) is 14.6 Å². The van der Waals surface area contributed by atoms with Gasteiger partial charge in [0.1, 0.15) is 22.9 Å². The second-order valence-corrected chi connectivity index (χ2v) is 13.8. The van der Waals surface area contributed by atoms with Gasteiger partial charge >= 0.3 is 6.01 Å². The summed E-state index contributed by atoms with van der Waals surface area (Å²) in [6.07, 6.45) is 12.4. The monoisotopic (exact) mass is 639 g/mol. The Bertz CT molecular complexity index is 1890. The average Bonchev–Trinajstić information content (AvgIpc) is 3.56. The van der Waals surface area contributed by atoms with Gasteiger partial charge in [-0.05, 0) is 86.8 Å². The molecule has 2 N–H and O–H groups in total. The summed E-state index contributed by atoms with van der Waals surface area (Å²) in [6, 6.07) is 9.80. The van der Waals surface area contributed by atoms with Gasteiger partial charge in [0.25, 0.3) is 0 Å². The summed E-state index contributed by atoms with van der Waals surface area (Å²) < 4.78 is 38.2. The van der Waals surface area contributed by atoms with Crippen LogP contribution in [0.1, 0.15) is 44.1 Å². The molecule has 8 nitrogen and oxygen atoms in total. The maximum atomic E-state index is 16.9. The van der Waals surface area contributed by atoms with Gasteiger partial charge in [0.2, 0.25) is 0 Å². The van der Waals surface area contributed by atoms with Crippen molar-refractivity contribution in [1.82, 2.24) is 19.8 Å². The quantitative estimate of drug-likeness (QED) is 0.239. The third-order valence-electron chi connectivity index (χ3n) is 10.8. The van der Waals surface area contributed by atoms with E-state index in [0.717, 1.165) is 45.3 Å². The minimum absolute atomic E-state index is 0.00774. The Labute approximate surface area is 273 Å². The van der Waals surface area contributed by atoms with Crippen LogP contribution in [0.2, 0.25) is 0 Å². The largest absolute Gasteiger partial charge is 0.508 e. The number of halogens is 2. The van der Waals surface area contributed by atoms with E-state index in [-0.39, 0.29) is 58.1 Å². The number of likely N-dealkylation sites (tertiary alicyclic amines) is 1. The van der Waals surface area contributed by atoms with E-state index in [1.165, 1.54) is 37.1 Å². The fourth-order valence-electron chi connectivity index (χ4n) is 8.22. The molecule has 0 amide bonds. The molecule has 3 aromatic carbocycles. The topological polar surface area (TPSA) is 85.2 Å². The highest BCUT2D eigenvalue weighted by atomic mass is 19.1. The number of aliphatic hydroxyl groups excluding tert-OH is 1. The Morgan fingerprint density at radius 1 is 1.00 bits per heavy atom. The molecular formula is C37H39F2N5O3. The van der Waals surface area contributed by atoms with E-state index in [1.54, 1.807) is 12.1 Å². The van der Waals surface area contributed by atoms with Crippen molar-refractivity contribution in [1.29, 1.82) is 0 Å². The van der Waals surface area contributed by atoms with Crippen LogP contribution in [0.15, 0.2) is 36.4 Å². The lowest BCUT2D eigenvalue weighted by molar-refractivity contribution is 0.131. The normalized spacial score (nSPS) is 22.3. The molecule has 10 heteroatoms. The third-order valence-corrected chi connectivity index (χ3v) is 10.8. The van der Waals surface area contributed by atoms with E-state index in [2.05, 4.69) is 25.6 Å². The van der Waals surface area contributed by atoms with Crippen LogP contribution >= 0.6 is 0 Å². The summed E-state index contributed by atoms with van der Waals surface area (Å²) in [5.41, 5.74) is 0.610. The van der Waals surface area contributed by atoms with Crippen molar-refractivity contribution in [3.05, 3.63) is 53.6 Å². The molecule has 3 aliphatic heterocycles. The molecule has 0 spiro atoms. The highest BCUT2D eigenvalue weighted by Gasteiger charge is 2.45. The molecule has 47 heavy (non-hydrogen) atoms. The lowest BCUT2D eigenvalue weighted by Crippen LogP contribution is -2.54. The molecule has 3 saturated heterocycles. The predicted octanol–water partition coefficient (Wildman–Crippen LogP) is 5.32. The molecule has 4 heterocycles. The minimum atomic E-state index is -0.616. The summed E-state index contributed by atoms with van der Waals surface area (Å²) in [5, 5.41) is 21.7. The Balaban J connectivity index is 1.23. The number of terminal acetylenes is 1. The summed E-state index contributed by atoms with van der Waals surface area (Å²) in [6.45, 7) is 5.84. The van der Waals surface area contributed by atoms with Gasteiger partial charge in [-0.2, -0.15) is 9.97 Å². The number of phenolic OH excluding ortho intramolecular Hbond substituents is 1. The van der Waals surface area contributed by atoms with Gasteiger partial charge in [-0.25, -0.2) is 8.78 Å². The van der Waals surface area contributed by atoms with Crippen LogP contribution in [0.5, 0.6) is 11.8 Å². The van der Waals surface area contributed by atoms with Crippen molar-refractivity contribution >= 4 is 27.5 Å². The van der Waals surface area contributed by atoms with Crippen LogP contribution in [0.25, 0.3) is 32.8 Å². The van der Waals surface area contributed by atoms with Gasteiger partial charge in [0.05, 0.1) is 18.8 Å². The Kier molecular flexibility index (Phi) is 7.66. The molecule has 2 atom stereocenters. The Hall–Kier alpha value is -4.04. The van der Waals surface area contributed by atoms with Gasteiger partial charge in [-0.1, -0.05) is 18.1 Å². The van der Waals surface area contributed by atoms with E-state index in [4.69, 9.17) is 16.1 Å². The molecule has 1 aromatic heterocycles. The van der Waals surface area contributed by atoms with Crippen molar-refractivity contribution in [2.75, 3.05) is 57.4 Å². The molecule has 8 rings (SSSR count). The van der Waals surface area contributed by atoms with E-state index in [1.807, 2.05) is 0 Å². The predicted molar refractivity (Wildman–Crippen MR) is 178 cm³/mol. The van der Waals surface area contributed by atoms with Crippen LogP contribution in [0.3, 0.4) is 0 Å². The zero-order valence-electron chi connectivity index (χ0n) is 26.4. The second-order valence-electron chi connectivity index (χ2n) is 13.8.